The molecule has 18 heavy (non-hydrogen) atoms. The highest BCUT2D eigenvalue weighted by molar-refractivity contribution is 5.38. The molecule has 0 aliphatic carbocycles. The van der Waals surface area contributed by atoms with Crippen molar-refractivity contribution >= 4 is 5.82 Å². The predicted molar refractivity (Wildman–Crippen MR) is 65.2 cm³/mol. The van der Waals surface area contributed by atoms with Crippen molar-refractivity contribution in [2.45, 2.75) is 38.4 Å². The Labute approximate surface area is 105 Å². The molecule has 0 fully saturated rings. The molecule has 3 N–H and O–H groups in total. The lowest BCUT2D eigenvalue weighted by Gasteiger charge is -2.30. The van der Waals surface area contributed by atoms with Crippen molar-refractivity contribution < 1.29 is 13.2 Å². The Hall–Kier alpha value is -1.30. The number of nitrogens with one attached hydrogen (secondary N) is 1. The van der Waals surface area contributed by atoms with Crippen LogP contribution in [0.2, 0.25) is 0 Å². The van der Waals surface area contributed by atoms with Crippen LogP contribution in [0.3, 0.4) is 0 Å². The third-order valence-corrected chi connectivity index (χ3v) is 2.95. The van der Waals surface area contributed by atoms with E-state index in [1.807, 2.05) is 13.8 Å². The summed E-state index contributed by atoms with van der Waals surface area (Å²) in [5, 5.41) is 3.03. The van der Waals surface area contributed by atoms with Gasteiger partial charge in [-0.15, -0.1) is 0 Å². The van der Waals surface area contributed by atoms with Crippen LogP contribution in [0.15, 0.2) is 18.2 Å². The Bertz CT molecular complexity index is 392. The molecule has 3 nitrogen and oxygen atoms in total. The van der Waals surface area contributed by atoms with Crippen LogP contribution in [0, 0.1) is 0 Å². The van der Waals surface area contributed by atoms with E-state index >= 15 is 0 Å². The molecule has 1 rings (SSSR count). The normalized spacial score (nSPS) is 15.2. The van der Waals surface area contributed by atoms with Crippen molar-refractivity contribution in [1.82, 2.24) is 4.98 Å². The van der Waals surface area contributed by atoms with E-state index in [-0.39, 0.29) is 11.4 Å². The average molecular weight is 261 g/mol. The maximum atomic E-state index is 12.5. The fourth-order valence-electron chi connectivity index (χ4n) is 1.62. The standard InChI is InChI=1S/C12H18F3N3/c1-3-11(2,7-8-16)18-10-6-4-5-9(17-10)12(13,14)15/h4-6H,3,7-8,16H2,1-2H3,(H,17,18). The fraction of sp³-hybridized carbons (Fsp3) is 0.583. The van der Waals surface area contributed by atoms with Gasteiger partial charge in [-0.3, -0.25) is 0 Å². The molecule has 0 aromatic carbocycles. The Morgan fingerprint density at radius 1 is 1.33 bits per heavy atom. The summed E-state index contributed by atoms with van der Waals surface area (Å²) in [6.07, 6.45) is -3.00. The van der Waals surface area contributed by atoms with Crippen LogP contribution < -0.4 is 11.1 Å². The van der Waals surface area contributed by atoms with Crippen molar-refractivity contribution in [2.24, 2.45) is 5.73 Å². The Kier molecular flexibility index (Phi) is 4.56. The van der Waals surface area contributed by atoms with Gasteiger partial charge in [0.2, 0.25) is 0 Å². The zero-order chi connectivity index (χ0) is 13.8. The third kappa shape index (κ3) is 3.87. The first kappa shape index (κ1) is 14.8. The quantitative estimate of drug-likeness (QED) is 0.856. The summed E-state index contributed by atoms with van der Waals surface area (Å²) in [5.41, 5.74) is 4.27. The van der Waals surface area contributed by atoms with E-state index in [1.165, 1.54) is 12.1 Å². The van der Waals surface area contributed by atoms with Crippen LogP contribution in [0.1, 0.15) is 32.4 Å². The topological polar surface area (TPSA) is 50.9 Å². The van der Waals surface area contributed by atoms with Gasteiger partial charge in [0.05, 0.1) is 0 Å². The second-order valence-corrected chi connectivity index (χ2v) is 4.48. The second kappa shape index (κ2) is 5.56. The molecule has 102 valence electrons. The van der Waals surface area contributed by atoms with E-state index in [9.17, 15) is 13.2 Å². The minimum absolute atomic E-state index is 0.225. The molecule has 1 unspecified atom stereocenters. The number of nitrogens with two attached hydrogens (primary N) is 1. The van der Waals surface area contributed by atoms with Gasteiger partial charge in [0.1, 0.15) is 11.5 Å². The van der Waals surface area contributed by atoms with Gasteiger partial charge in [0, 0.05) is 5.54 Å². The van der Waals surface area contributed by atoms with E-state index in [1.54, 1.807) is 0 Å². The zero-order valence-corrected chi connectivity index (χ0v) is 10.5. The number of nitrogens with zero attached hydrogens (tertiary/aromatic N) is 1. The number of anilines is 1. The van der Waals surface area contributed by atoms with Gasteiger partial charge >= 0.3 is 6.18 Å². The molecule has 0 aliphatic rings. The number of halogens is 3. The Balaban J connectivity index is 2.91. The zero-order valence-electron chi connectivity index (χ0n) is 10.5. The summed E-state index contributed by atoms with van der Waals surface area (Å²) in [4.78, 5) is 3.58. The summed E-state index contributed by atoms with van der Waals surface area (Å²) < 4.78 is 37.6. The largest absolute Gasteiger partial charge is 0.433 e. The van der Waals surface area contributed by atoms with Crippen LogP contribution in [0.25, 0.3) is 0 Å². The molecule has 0 bridgehead atoms. The summed E-state index contributed by atoms with van der Waals surface area (Å²) in [6.45, 7) is 4.34. The smallest absolute Gasteiger partial charge is 0.365 e. The van der Waals surface area contributed by atoms with Crippen LogP contribution in [0.4, 0.5) is 19.0 Å². The number of aromatic nitrogens is 1. The number of rotatable bonds is 5. The van der Waals surface area contributed by atoms with Gasteiger partial charge in [-0.2, -0.15) is 13.2 Å². The second-order valence-electron chi connectivity index (χ2n) is 4.48. The summed E-state index contributed by atoms with van der Waals surface area (Å²) in [5.74, 6) is 0.225. The van der Waals surface area contributed by atoms with Crippen molar-refractivity contribution in [3.8, 4) is 0 Å². The maximum absolute atomic E-state index is 12.5. The lowest BCUT2D eigenvalue weighted by Crippen LogP contribution is -2.36. The Morgan fingerprint density at radius 3 is 2.50 bits per heavy atom. The fourth-order valence-corrected chi connectivity index (χ4v) is 1.62. The molecular weight excluding hydrogens is 243 g/mol. The molecule has 0 aliphatic heterocycles. The van der Waals surface area contributed by atoms with Gasteiger partial charge in [0.15, 0.2) is 0 Å². The lowest BCUT2D eigenvalue weighted by molar-refractivity contribution is -0.141. The van der Waals surface area contributed by atoms with E-state index in [0.717, 1.165) is 12.5 Å². The van der Waals surface area contributed by atoms with Gasteiger partial charge in [0.25, 0.3) is 0 Å². The molecule has 0 amide bonds. The third-order valence-electron chi connectivity index (χ3n) is 2.95. The highest BCUT2D eigenvalue weighted by Crippen LogP contribution is 2.29. The number of alkyl halides is 3. The van der Waals surface area contributed by atoms with Crippen LogP contribution in [-0.4, -0.2) is 17.1 Å². The van der Waals surface area contributed by atoms with Gasteiger partial charge in [-0.1, -0.05) is 13.0 Å². The summed E-state index contributed by atoms with van der Waals surface area (Å²) >= 11 is 0. The summed E-state index contributed by atoms with van der Waals surface area (Å²) in [6, 6.07) is 3.83. The van der Waals surface area contributed by atoms with E-state index in [4.69, 9.17) is 5.73 Å². The molecule has 0 saturated heterocycles. The first-order valence-electron chi connectivity index (χ1n) is 5.83. The van der Waals surface area contributed by atoms with E-state index in [0.29, 0.717) is 13.0 Å². The maximum Gasteiger partial charge on any atom is 0.433 e. The molecule has 1 aromatic heterocycles. The summed E-state index contributed by atoms with van der Waals surface area (Å²) in [7, 11) is 0. The highest BCUT2D eigenvalue weighted by Gasteiger charge is 2.33. The minimum Gasteiger partial charge on any atom is -0.365 e. The van der Waals surface area contributed by atoms with Crippen LogP contribution in [0.5, 0.6) is 0 Å². The predicted octanol–water partition coefficient (Wildman–Crippen LogP) is 3.03. The molecule has 0 spiro atoms. The van der Waals surface area contributed by atoms with E-state index < -0.39 is 11.9 Å². The minimum atomic E-state index is -4.42. The average Bonchev–Trinajstić information content (AvgIpc) is 2.28. The van der Waals surface area contributed by atoms with Crippen LogP contribution >= 0.6 is 0 Å². The van der Waals surface area contributed by atoms with Crippen LogP contribution in [-0.2, 0) is 6.18 Å². The molecule has 6 heteroatoms. The van der Waals surface area contributed by atoms with Crippen molar-refractivity contribution in [3.05, 3.63) is 23.9 Å². The molecule has 1 atom stereocenters. The van der Waals surface area contributed by atoms with Gasteiger partial charge < -0.3 is 11.1 Å². The van der Waals surface area contributed by atoms with Gasteiger partial charge in [-0.25, -0.2) is 4.98 Å². The molecule has 0 radical (unpaired) electrons. The number of hydrogen-bond donors (Lipinski definition) is 2. The molecular formula is C12H18F3N3. The number of hydrogen-bond acceptors (Lipinski definition) is 3. The lowest BCUT2D eigenvalue weighted by atomic mass is 9.94. The SMILES string of the molecule is CCC(C)(CCN)Nc1cccc(C(F)(F)F)n1. The first-order valence-corrected chi connectivity index (χ1v) is 5.83. The highest BCUT2D eigenvalue weighted by atomic mass is 19.4. The Morgan fingerprint density at radius 2 is 2.00 bits per heavy atom. The first-order chi connectivity index (χ1) is 8.30. The molecule has 1 aromatic rings. The van der Waals surface area contributed by atoms with Crippen molar-refractivity contribution in [1.29, 1.82) is 0 Å². The van der Waals surface area contributed by atoms with Crippen molar-refractivity contribution in [3.63, 3.8) is 0 Å². The molecule has 0 saturated carbocycles. The van der Waals surface area contributed by atoms with Crippen molar-refractivity contribution in [2.75, 3.05) is 11.9 Å². The monoisotopic (exact) mass is 261 g/mol. The van der Waals surface area contributed by atoms with E-state index in [2.05, 4.69) is 10.3 Å². The van der Waals surface area contributed by atoms with Gasteiger partial charge in [-0.05, 0) is 38.4 Å². The molecule has 1 heterocycles. The number of pyridine rings is 1.